The molecule has 3 aliphatic rings. The van der Waals surface area contributed by atoms with Gasteiger partial charge in [0.05, 0.1) is 12.3 Å². The molecule has 0 aromatic carbocycles. The Bertz CT molecular complexity index is 1280. The lowest BCUT2D eigenvalue weighted by atomic mass is 9.79. The van der Waals surface area contributed by atoms with Gasteiger partial charge in [0.25, 0.3) is 5.91 Å². The van der Waals surface area contributed by atoms with Crippen LogP contribution in [0.25, 0.3) is 10.2 Å². The summed E-state index contributed by atoms with van der Waals surface area (Å²) in [6, 6.07) is 8.31. The molecule has 0 radical (unpaired) electrons. The van der Waals surface area contributed by atoms with E-state index in [1.807, 2.05) is 19.1 Å². The zero-order chi connectivity index (χ0) is 24.2. The third kappa shape index (κ3) is 4.05. The van der Waals surface area contributed by atoms with E-state index < -0.39 is 0 Å². The lowest BCUT2D eigenvalue weighted by Gasteiger charge is -2.36. The van der Waals surface area contributed by atoms with E-state index in [4.69, 9.17) is 21.2 Å². The molecule has 3 unspecified atom stereocenters. The number of thiophene rings is 1. The summed E-state index contributed by atoms with van der Waals surface area (Å²) in [5, 5.41) is 4.05. The fourth-order valence-corrected chi connectivity index (χ4v) is 6.91. The molecule has 3 aromatic rings. The van der Waals surface area contributed by atoms with E-state index in [1.165, 1.54) is 16.9 Å². The monoisotopic (exact) mass is 492 g/mol. The van der Waals surface area contributed by atoms with Crippen LogP contribution in [0.5, 0.6) is 0 Å². The third-order valence-electron chi connectivity index (χ3n) is 7.91. The third-order valence-corrected chi connectivity index (χ3v) is 9.02. The van der Waals surface area contributed by atoms with Crippen LogP contribution in [-0.2, 0) is 17.6 Å². The maximum Gasteiger partial charge on any atom is 0.263 e. The van der Waals surface area contributed by atoms with Crippen LogP contribution < -0.4 is 21.7 Å². The van der Waals surface area contributed by atoms with Gasteiger partial charge in [-0.25, -0.2) is 9.97 Å². The minimum atomic E-state index is -0.118. The van der Waals surface area contributed by atoms with Gasteiger partial charge < -0.3 is 26.4 Å². The topological polar surface area (TPSA) is 119 Å². The maximum absolute atomic E-state index is 13.1. The Hall–Kier alpha value is -2.75. The van der Waals surface area contributed by atoms with Gasteiger partial charge in [0, 0.05) is 54.0 Å². The Labute approximate surface area is 209 Å². The first-order valence-corrected chi connectivity index (χ1v) is 13.3. The number of carbonyl (C=O) groups is 1. The molecule has 2 saturated heterocycles. The number of nitrogens with two attached hydrogens (primary N) is 2. The fraction of sp³-hybridized carbons (Fsp3) is 0.500. The summed E-state index contributed by atoms with van der Waals surface area (Å²) in [4.78, 5) is 26.3. The number of nitrogens with one attached hydrogen (secondary N) is 1. The van der Waals surface area contributed by atoms with Crippen molar-refractivity contribution in [1.82, 2.24) is 15.3 Å². The van der Waals surface area contributed by atoms with Gasteiger partial charge in [-0.2, -0.15) is 0 Å². The van der Waals surface area contributed by atoms with Crippen molar-refractivity contribution in [2.24, 2.45) is 11.1 Å². The molecule has 0 saturated carbocycles. The Morgan fingerprint density at radius 1 is 1.29 bits per heavy atom. The van der Waals surface area contributed by atoms with Crippen LogP contribution in [0.2, 0.25) is 0 Å². The molecule has 2 aliphatic heterocycles. The molecule has 3 atom stereocenters. The SMILES string of the molecule is Cc1ccc2c(N)c(C(=O)NC3CCc4nc(N5CC(N)C6(CCCOC6)C5)ccc4C3)sc2n1. The number of hydrogen-bond donors (Lipinski definition) is 3. The molecule has 35 heavy (non-hydrogen) atoms. The number of rotatable bonds is 3. The number of amides is 1. The van der Waals surface area contributed by atoms with Crippen molar-refractivity contribution in [3.63, 3.8) is 0 Å². The largest absolute Gasteiger partial charge is 0.397 e. The van der Waals surface area contributed by atoms with Crippen molar-refractivity contribution >= 4 is 39.0 Å². The van der Waals surface area contributed by atoms with Crippen LogP contribution in [0.3, 0.4) is 0 Å². The number of ether oxygens (including phenoxy) is 1. The molecule has 1 amide bonds. The van der Waals surface area contributed by atoms with Crippen LogP contribution in [0.1, 0.15) is 45.9 Å². The van der Waals surface area contributed by atoms with Crippen LogP contribution in [0, 0.1) is 12.3 Å². The average Bonchev–Trinajstić information content (AvgIpc) is 3.35. The van der Waals surface area contributed by atoms with E-state index in [0.717, 1.165) is 85.8 Å². The second kappa shape index (κ2) is 8.72. The minimum absolute atomic E-state index is 0.0495. The van der Waals surface area contributed by atoms with E-state index in [9.17, 15) is 4.79 Å². The number of nitrogen functional groups attached to an aromatic ring is 1. The molecule has 2 fully saturated rings. The molecule has 5 heterocycles. The van der Waals surface area contributed by atoms with Crippen molar-refractivity contribution in [1.29, 1.82) is 0 Å². The predicted molar refractivity (Wildman–Crippen MR) is 139 cm³/mol. The fourth-order valence-electron chi connectivity index (χ4n) is 5.87. The van der Waals surface area contributed by atoms with Gasteiger partial charge in [-0.1, -0.05) is 6.07 Å². The lowest BCUT2D eigenvalue weighted by molar-refractivity contribution is -0.00345. The number of aromatic nitrogens is 2. The normalized spacial score (nSPS) is 26.3. The van der Waals surface area contributed by atoms with E-state index >= 15 is 0 Å². The number of anilines is 2. The number of pyridine rings is 2. The number of carbonyl (C=O) groups excluding carboxylic acids is 1. The second-order valence-corrected chi connectivity index (χ2v) is 11.3. The second-order valence-electron chi connectivity index (χ2n) is 10.3. The van der Waals surface area contributed by atoms with Gasteiger partial charge in [-0.05, 0) is 62.8 Å². The summed E-state index contributed by atoms with van der Waals surface area (Å²) < 4.78 is 5.79. The van der Waals surface area contributed by atoms with Crippen molar-refractivity contribution in [2.75, 3.05) is 36.9 Å². The highest BCUT2D eigenvalue weighted by atomic mass is 32.1. The Morgan fingerprint density at radius 3 is 3.00 bits per heavy atom. The standard InChI is InChI=1S/C26H32N6O2S/c1-15-3-6-18-22(28)23(35-25(18)29-15)24(33)30-17-5-7-19-16(11-17)4-8-21(31-19)32-12-20(27)26(13-32)9-2-10-34-14-26/h3-4,6,8,17,20H,2,5,7,9-14,27-28H2,1H3,(H,30,33). The molecule has 1 aliphatic carbocycles. The van der Waals surface area contributed by atoms with Gasteiger partial charge in [0.1, 0.15) is 15.5 Å². The summed E-state index contributed by atoms with van der Waals surface area (Å²) in [6.45, 7) is 5.25. The highest BCUT2D eigenvalue weighted by molar-refractivity contribution is 7.21. The van der Waals surface area contributed by atoms with Crippen molar-refractivity contribution in [2.45, 2.75) is 51.1 Å². The summed E-state index contributed by atoms with van der Waals surface area (Å²) >= 11 is 1.36. The number of hydrogen-bond acceptors (Lipinski definition) is 8. The maximum atomic E-state index is 13.1. The number of nitrogens with zero attached hydrogens (tertiary/aromatic N) is 3. The highest BCUT2D eigenvalue weighted by Crippen LogP contribution is 2.39. The average molecular weight is 493 g/mol. The summed E-state index contributed by atoms with van der Waals surface area (Å²) in [5.41, 5.74) is 16.7. The molecule has 1 spiro atoms. The van der Waals surface area contributed by atoms with Gasteiger partial charge in [0.15, 0.2) is 0 Å². The van der Waals surface area contributed by atoms with Crippen LogP contribution >= 0.6 is 11.3 Å². The van der Waals surface area contributed by atoms with Crippen LogP contribution in [0.4, 0.5) is 11.5 Å². The molecule has 0 bridgehead atoms. The first kappa shape index (κ1) is 22.7. The summed E-state index contributed by atoms with van der Waals surface area (Å²) in [5.74, 6) is 0.886. The van der Waals surface area contributed by atoms with Crippen LogP contribution in [0.15, 0.2) is 24.3 Å². The van der Waals surface area contributed by atoms with Gasteiger partial charge in [-0.3, -0.25) is 4.79 Å². The molecule has 8 nitrogen and oxygen atoms in total. The lowest BCUT2D eigenvalue weighted by Crippen LogP contribution is -2.46. The van der Waals surface area contributed by atoms with E-state index in [2.05, 4.69) is 27.3 Å². The molecule has 3 aromatic heterocycles. The van der Waals surface area contributed by atoms with E-state index in [1.54, 1.807) is 0 Å². The zero-order valence-corrected chi connectivity index (χ0v) is 20.9. The predicted octanol–water partition coefficient (Wildman–Crippen LogP) is 2.81. The first-order chi connectivity index (χ1) is 16.9. The van der Waals surface area contributed by atoms with E-state index in [0.29, 0.717) is 10.6 Å². The smallest absolute Gasteiger partial charge is 0.263 e. The molecular formula is C26H32N6O2S. The minimum Gasteiger partial charge on any atom is -0.397 e. The van der Waals surface area contributed by atoms with Crippen molar-refractivity contribution in [3.8, 4) is 0 Å². The molecule has 9 heteroatoms. The molecular weight excluding hydrogens is 460 g/mol. The van der Waals surface area contributed by atoms with Gasteiger partial charge >= 0.3 is 0 Å². The first-order valence-electron chi connectivity index (χ1n) is 12.5. The van der Waals surface area contributed by atoms with E-state index in [-0.39, 0.29) is 23.4 Å². The molecule has 184 valence electrons. The quantitative estimate of drug-likeness (QED) is 0.514. The summed E-state index contributed by atoms with van der Waals surface area (Å²) in [7, 11) is 0. The van der Waals surface area contributed by atoms with Crippen molar-refractivity contribution in [3.05, 3.63) is 46.1 Å². The molecule has 6 rings (SSSR count). The van der Waals surface area contributed by atoms with Crippen molar-refractivity contribution < 1.29 is 9.53 Å². The Morgan fingerprint density at radius 2 is 2.17 bits per heavy atom. The van der Waals surface area contributed by atoms with Crippen LogP contribution in [-0.4, -0.2) is 54.3 Å². The molecule has 5 N–H and O–H groups in total. The van der Waals surface area contributed by atoms with Gasteiger partial charge in [-0.15, -0.1) is 11.3 Å². The Balaban J connectivity index is 1.14. The summed E-state index contributed by atoms with van der Waals surface area (Å²) in [6.07, 6.45) is 4.67. The zero-order valence-electron chi connectivity index (χ0n) is 20.0. The number of fused-ring (bicyclic) bond motifs is 2. The highest BCUT2D eigenvalue weighted by Gasteiger charge is 2.46. The Kier molecular flexibility index (Phi) is 5.66. The van der Waals surface area contributed by atoms with Gasteiger partial charge in [0.2, 0.25) is 0 Å². The number of aryl methyl sites for hydroxylation is 2.